The van der Waals surface area contributed by atoms with Crippen LogP contribution in [0.1, 0.15) is 16.1 Å². The number of aromatic carboxylic acids is 1. The third-order valence-corrected chi connectivity index (χ3v) is 2.89. The van der Waals surface area contributed by atoms with Crippen LogP contribution in [0, 0.1) is 0 Å². The van der Waals surface area contributed by atoms with Gasteiger partial charge in [0.2, 0.25) is 0 Å². The Kier molecular flexibility index (Phi) is 3.26. The van der Waals surface area contributed by atoms with Crippen LogP contribution >= 0.6 is 11.8 Å². The molecule has 1 aromatic heterocycles. The minimum Gasteiger partial charge on any atom is -0.476 e. The maximum absolute atomic E-state index is 10.6. The van der Waals surface area contributed by atoms with Crippen molar-refractivity contribution < 1.29 is 14.4 Å². The van der Waals surface area contributed by atoms with Gasteiger partial charge in [-0.3, -0.25) is 0 Å². The summed E-state index contributed by atoms with van der Waals surface area (Å²) in [6, 6.07) is 11.3. The number of nitrogens with zero attached hydrogens (tertiary/aromatic N) is 1. The first-order valence-corrected chi connectivity index (χ1v) is 5.61. The van der Waals surface area contributed by atoms with Gasteiger partial charge in [-0.1, -0.05) is 47.3 Å². The van der Waals surface area contributed by atoms with Gasteiger partial charge in [0.1, 0.15) is 0 Å². The van der Waals surface area contributed by atoms with Crippen molar-refractivity contribution >= 4 is 17.7 Å². The van der Waals surface area contributed by atoms with Crippen LogP contribution < -0.4 is 0 Å². The lowest BCUT2D eigenvalue weighted by Crippen LogP contribution is -1.94. The van der Waals surface area contributed by atoms with Crippen molar-refractivity contribution in [1.82, 2.24) is 5.16 Å². The van der Waals surface area contributed by atoms with Gasteiger partial charge in [0.25, 0.3) is 0 Å². The van der Waals surface area contributed by atoms with Crippen LogP contribution in [-0.4, -0.2) is 16.2 Å². The molecule has 2 rings (SSSR count). The Labute approximate surface area is 96.3 Å². The molecule has 0 saturated carbocycles. The molecule has 0 atom stereocenters. The maximum Gasteiger partial charge on any atom is 0.358 e. The monoisotopic (exact) mass is 235 g/mol. The highest BCUT2D eigenvalue weighted by atomic mass is 32.2. The van der Waals surface area contributed by atoms with Crippen molar-refractivity contribution in [1.29, 1.82) is 0 Å². The predicted octanol–water partition coefficient (Wildman–Crippen LogP) is 2.67. The van der Waals surface area contributed by atoms with E-state index in [4.69, 9.17) is 9.63 Å². The fourth-order valence-electron chi connectivity index (χ4n) is 1.16. The molecule has 0 fully saturated rings. The largest absolute Gasteiger partial charge is 0.476 e. The van der Waals surface area contributed by atoms with Crippen LogP contribution in [0.5, 0.6) is 0 Å². The molecule has 0 aliphatic heterocycles. The van der Waals surface area contributed by atoms with E-state index in [-0.39, 0.29) is 5.69 Å². The van der Waals surface area contributed by atoms with E-state index in [0.717, 1.165) is 11.3 Å². The third kappa shape index (κ3) is 2.64. The van der Waals surface area contributed by atoms with E-state index in [2.05, 4.69) is 5.16 Å². The van der Waals surface area contributed by atoms with Gasteiger partial charge in [-0.15, -0.1) is 0 Å². The lowest BCUT2D eigenvalue weighted by molar-refractivity contribution is 0.0685. The van der Waals surface area contributed by atoms with E-state index in [1.165, 1.54) is 17.8 Å². The number of aromatic nitrogens is 1. The number of hydrogen-bond donors (Lipinski definition) is 1. The molecule has 0 amide bonds. The van der Waals surface area contributed by atoms with Gasteiger partial charge < -0.3 is 9.63 Å². The van der Waals surface area contributed by atoms with E-state index in [0.29, 0.717) is 5.09 Å². The number of thioether (sulfide) groups is 1. The van der Waals surface area contributed by atoms with E-state index in [1.807, 2.05) is 30.3 Å². The predicted molar refractivity (Wildman–Crippen MR) is 59.5 cm³/mol. The van der Waals surface area contributed by atoms with Crippen LogP contribution in [0.15, 0.2) is 46.0 Å². The number of carboxylic acids is 1. The number of carbonyl (C=O) groups is 1. The molecule has 1 aromatic carbocycles. The summed E-state index contributed by atoms with van der Waals surface area (Å²) in [5.41, 5.74) is 1.09. The van der Waals surface area contributed by atoms with Gasteiger partial charge in [0, 0.05) is 11.8 Å². The lowest BCUT2D eigenvalue weighted by Gasteiger charge is -1.96. The zero-order valence-corrected chi connectivity index (χ0v) is 9.11. The zero-order valence-electron chi connectivity index (χ0n) is 8.29. The summed E-state index contributed by atoms with van der Waals surface area (Å²) < 4.78 is 4.88. The quantitative estimate of drug-likeness (QED) is 0.825. The summed E-state index contributed by atoms with van der Waals surface area (Å²) in [6.07, 6.45) is 0. The number of rotatable bonds is 4. The van der Waals surface area contributed by atoms with Crippen LogP contribution in [0.25, 0.3) is 0 Å². The number of hydrogen-bond acceptors (Lipinski definition) is 4. The molecular formula is C11H9NO3S. The highest BCUT2D eigenvalue weighted by Crippen LogP contribution is 2.23. The van der Waals surface area contributed by atoms with Gasteiger partial charge in [-0.25, -0.2) is 4.79 Å². The Morgan fingerprint density at radius 3 is 2.75 bits per heavy atom. The van der Waals surface area contributed by atoms with Crippen molar-refractivity contribution in [3.05, 3.63) is 47.7 Å². The van der Waals surface area contributed by atoms with Crippen molar-refractivity contribution in [2.24, 2.45) is 0 Å². The molecule has 0 radical (unpaired) electrons. The first kappa shape index (κ1) is 10.8. The van der Waals surface area contributed by atoms with E-state index in [1.54, 1.807) is 0 Å². The molecule has 1 heterocycles. The molecule has 82 valence electrons. The summed E-state index contributed by atoms with van der Waals surface area (Å²) in [5.74, 6) is -0.343. The number of carboxylic acid groups (broad SMARTS) is 1. The first-order chi connectivity index (χ1) is 7.75. The van der Waals surface area contributed by atoms with Crippen LogP contribution in [0.2, 0.25) is 0 Å². The lowest BCUT2D eigenvalue weighted by atomic mass is 10.2. The fourth-order valence-corrected chi connectivity index (χ4v) is 1.94. The third-order valence-electron chi connectivity index (χ3n) is 1.93. The maximum atomic E-state index is 10.6. The molecule has 16 heavy (non-hydrogen) atoms. The minimum atomic E-state index is -1.07. The van der Waals surface area contributed by atoms with E-state index in [9.17, 15) is 4.79 Å². The SMILES string of the molecule is O=C(O)c1cc(SCc2ccccc2)on1. The normalized spacial score (nSPS) is 10.2. The summed E-state index contributed by atoms with van der Waals surface area (Å²) >= 11 is 1.42. The Bertz CT molecular complexity index is 481. The zero-order chi connectivity index (χ0) is 11.4. The molecule has 1 N–H and O–H groups in total. The Morgan fingerprint density at radius 1 is 1.38 bits per heavy atom. The molecule has 0 bridgehead atoms. The second kappa shape index (κ2) is 4.85. The van der Waals surface area contributed by atoms with Gasteiger partial charge in [-0.2, -0.15) is 0 Å². The summed E-state index contributed by atoms with van der Waals surface area (Å²) in [7, 11) is 0. The van der Waals surface area contributed by atoms with Gasteiger partial charge in [0.15, 0.2) is 10.8 Å². The van der Waals surface area contributed by atoms with Crippen molar-refractivity contribution in [2.45, 2.75) is 10.8 Å². The molecule has 0 spiro atoms. The van der Waals surface area contributed by atoms with Crippen LogP contribution in [0.3, 0.4) is 0 Å². The highest BCUT2D eigenvalue weighted by molar-refractivity contribution is 7.98. The average Bonchev–Trinajstić information content (AvgIpc) is 2.76. The molecule has 0 unspecified atom stereocenters. The highest BCUT2D eigenvalue weighted by Gasteiger charge is 2.10. The van der Waals surface area contributed by atoms with Crippen LogP contribution in [-0.2, 0) is 5.75 Å². The van der Waals surface area contributed by atoms with E-state index < -0.39 is 5.97 Å². The Hall–Kier alpha value is -1.75. The second-order valence-corrected chi connectivity index (χ2v) is 4.09. The molecular weight excluding hydrogens is 226 g/mol. The Morgan fingerprint density at radius 2 is 2.12 bits per heavy atom. The molecule has 0 aliphatic carbocycles. The van der Waals surface area contributed by atoms with Crippen molar-refractivity contribution in [2.75, 3.05) is 0 Å². The van der Waals surface area contributed by atoms with Crippen molar-refractivity contribution in [3.63, 3.8) is 0 Å². The van der Waals surface area contributed by atoms with Gasteiger partial charge in [-0.05, 0) is 5.56 Å². The minimum absolute atomic E-state index is 0.0597. The molecule has 2 aromatic rings. The van der Waals surface area contributed by atoms with E-state index >= 15 is 0 Å². The average molecular weight is 235 g/mol. The Balaban J connectivity index is 1.97. The standard InChI is InChI=1S/C11H9NO3S/c13-11(14)9-6-10(15-12-9)16-7-8-4-2-1-3-5-8/h1-6H,7H2,(H,13,14). The topological polar surface area (TPSA) is 63.3 Å². The second-order valence-electron chi connectivity index (χ2n) is 3.11. The molecule has 0 saturated heterocycles. The molecule has 4 nitrogen and oxygen atoms in total. The first-order valence-electron chi connectivity index (χ1n) is 4.62. The summed E-state index contributed by atoms with van der Waals surface area (Å²) in [4.78, 5) is 10.6. The summed E-state index contributed by atoms with van der Waals surface area (Å²) in [6.45, 7) is 0. The van der Waals surface area contributed by atoms with Gasteiger partial charge in [0.05, 0.1) is 0 Å². The smallest absolute Gasteiger partial charge is 0.358 e. The fraction of sp³-hybridized carbons (Fsp3) is 0.0909. The molecule has 0 aliphatic rings. The van der Waals surface area contributed by atoms with Crippen molar-refractivity contribution in [3.8, 4) is 0 Å². The van der Waals surface area contributed by atoms with Gasteiger partial charge >= 0.3 is 5.97 Å². The van der Waals surface area contributed by atoms with Crippen LogP contribution in [0.4, 0.5) is 0 Å². The molecule has 5 heteroatoms. The number of benzene rings is 1. The summed E-state index contributed by atoms with van der Waals surface area (Å²) in [5, 5.41) is 12.6.